The van der Waals surface area contributed by atoms with Gasteiger partial charge in [0, 0.05) is 18.8 Å². The maximum atomic E-state index is 11.6. The molecule has 5 nitrogen and oxygen atoms in total. The van der Waals surface area contributed by atoms with Gasteiger partial charge >= 0.3 is 0 Å². The molecule has 0 unspecified atom stereocenters. The number of hydrogen-bond donors (Lipinski definition) is 0. The molecule has 0 amide bonds. The molecule has 0 radical (unpaired) electrons. The average Bonchev–Trinajstić information content (AvgIpc) is 3.10. The molecule has 3 rings (SSSR count). The summed E-state index contributed by atoms with van der Waals surface area (Å²) in [5.41, 5.74) is 0.823. The van der Waals surface area contributed by atoms with Crippen molar-refractivity contribution in [2.24, 2.45) is 5.92 Å². The lowest BCUT2D eigenvalue weighted by molar-refractivity contribution is 0.531. The smallest absolute Gasteiger partial charge is 0.250 e. The van der Waals surface area contributed by atoms with Crippen molar-refractivity contribution in [2.75, 3.05) is 0 Å². The molecule has 0 saturated heterocycles. The summed E-state index contributed by atoms with van der Waals surface area (Å²) >= 11 is 0. The Hall–Kier alpha value is -1.91. The van der Waals surface area contributed by atoms with Gasteiger partial charge in [-0.3, -0.25) is 9.48 Å². The van der Waals surface area contributed by atoms with Crippen LogP contribution in [0.3, 0.4) is 0 Å². The first-order chi connectivity index (χ1) is 8.81. The fraction of sp³-hybridized carbons (Fsp3) is 0.462. The topological polar surface area (TPSA) is 52.7 Å². The normalized spacial score (nSPS) is 14.9. The molecule has 1 aliphatic carbocycles. The minimum absolute atomic E-state index is 0.00923. The Morgan fingerprint density at radius 3 is 3.00 bits per heavy atom. The zero-order valence-corrected chi connectivity index (χ0v) is 10.2. The average molecular weight is 244 g/mol. The molecule has 0 aromatic carbocycles. The number of aryl methyl sites for hydroxylation is 1. The van der Waals surface area contributed by atoms with E-state index in [1.807, 2.05) is 16.9 Å². The van der Waals surface area contributed by atoms with Crippen LogP contribution in [0.4, 0.5) is 0 Å². The third kappa shape index (κ3) is 2.67. The van der Waals surface area contributed by atoms with Crippen LogP contribution in [0.2, 0.25) is 0 Å². The number of pyridine rings is 1. The van der Waals surface area contributed by atoms with Gasteiger partial charge in [-0.2, -0.15) is 0 Å². The Bertz CT molecular complexity index is 582. The molecule has 0 atom stereocenters. The van der Waals surface area contributed by atoms with Crippen LogP contribution >= 0.6 is 0 Å². The Balaban J connectivity index is 1.65. The van der Waals surface area contributed by atoms with Crippen LogP contribution in [0.5, 0.6) is 0 Å². The second-order valence-electron chi connectivity index (χ2n) is 4.87. The fourth-order valence-electron chi connectivity index (χ4n) is 2.01. The van der Waals surface area contributed by atoms with Gasteiger partial charge in [0.25, 0.3) is 5.56 Å². The van der Waals surface area contributed by atoms with E-state index in [2.05, 4.69) is 10.3 Å². The first-order valence-corrected chi connectivity index (χ1v) is 6.36. The molecule has 0 N–H and O–H groups in total. The predicted molar refractivity (Wildman–Crippen MR) is 67.2 cm³/mol. The van der Waals surface area contributed by atoms with Gasteiger partial charge < -0.3 is 4.57 Å². The maximum absolute atomic E-state index is 11.6. The van der Waals surface area contributed by atoms with Crippen molar-refractivity contribution in [3.05, 3.63) is 46.6 Å². The molecular weight excluding hydrogens is 228 g/mol. The summed E-state index contributed by atoms with van der Waals surface area (Å²) in [4.78, 5) is 11.6. The zero-order valence-electron chi connectivity index (χ0n) is 10.2. The number of hydrogen-bond acceptors (Lipinski definition) is 3. The molecule has 2 heterocycles. The van der Waals surface area contributed by atoms with E-state index in [4.69, 9.17) is 0 Å². The van der Waals surface area contributed by atoms with E-state index in [-0.39, 0.29) is 5.56 Å². The Kier molecular flexibility index (Phi) is 2.96. The lowest BCUT2D eigenvalue weighted by Gasteiger charge is -2.00. The highest BCUT2D eigenvalue weighted by atomic mass is 16.1. The van der Waals surface area contributed by atoms with E-state index in [1.54, 1.807) is 22.9 Å². The molecule has 2 aromatic heterocycles. The van der Waals surface area contributed by atoms with Crippen molar-refractivity contribution in [1.82, 2.24) is 19.6 Å². The summed E-state index contributed by atoms with van der Waals surface area (Å²) in [6.45, 7) is 1.42. The molecule has 0 spiro atoms. The number of aromatic nitrogens is 4. The van der Waals surface area contributed by atoms with E-state index in [1.165, 1.54) is 19.3 Å². The summed E-state index contributed by atoms with van der Waals surface area (Å²) in [5, 5.41) is 8.20. The van der Waals surface area contributed by atoms with Crippen LogP contribution in [0.1, 0.15) is 25.0 Å². The van der Waals surface area contributed by atoms with Crippen molar-refractivity contribution >= 4 is 0 Å². The zero-order chi connectivity index (χ0) is 12.4. The second-order valence-corrected chi connectivity index (χ2v) is 4.87. The SMILES string of the molecule is O=c1ccccn1Cc1cn(CCC2CC2)nn1. The van der Waals surface area contributed by atoms with E-state index < -0.39 is 0 Å². The summed E-state index contributed by atoms with van der Waals surface area (Å²) in [7, 11) is 0. The van der Waals surface area contributed by atoms with Crippen molar-refractivity contribution in [3.8, 4) is 0 Å². The second kappa shape index (κ2) is 4.76. The summed E-state index contributed by atoms with van der Waals surface area (Å²) in [6, 6.07) is 5.14. The monoisotopic (exact) mass is 244 g/mol. The van der Waals surface area contributed by atoms with Crippen LogP contribution in [0.15, 0.2) is 35.4 Å². The van der Waals surface area contributed by atoms with Crippen molar-refractivity contribution in [3.63, 3.8) is 0 Å². The molecule has 5 heteroatoms. The van der Waals surface area contributed by atoms with E-state index in [0.29, 0.717) is 6.54 Å². The molecule has 0 bridgehead atoms. The van der Waals surface area contributed by atoms with Gasteiger partial charge in [0.1, 0.15) is 5.69 Å². The van der Waals surface area contributed by atoms with Crippen LogP contribution in [-0.4, -0.2) is 19.6 Å². The third-order valence-electron chi connectivity index (χ3n) is 3.28. The summed E-state index contributed by atoms with van der Waals surface area (Å²) in [6.07, 6.45) is 7.61. The molecular formula is C13H16N4O. The van der Waals surface area contributed by atoms with Gasteiger partial charge in [0.15, 0.2) is 0 Å². The number of rotatable bonds is 5. The van der Waals surface area contributed by atoms with E-state index >= 15 is 0 Å². The Morgan fingerprint density at radius 2 is 2.22 bits per heavy atom. The first-order valence-electron chi connectivity index (χ1n) is 6.36. The van der Waals surface area contributed by atoms with E-state index in [0.717, 1.165) is 18.2 Å². The van der Waals surface area contributed by atoms with Gasteiger partial charge in [0.05, 0.1) is 12.7 Å². The highest BCUT2D eigenvalue weighted by Gasteiger charge is 2.20. The van der Waals surface area contributed by atoms with Gasteiger partial charge in [0.2, 0.25) is 0 Å². The third-order valence-corrected chi connectivity index (χ3v) is 3.28. The fourth-order valence-corrected chi connectivity index (χ4v) is 2.01. The first kappa shape index (κ1) is 11.2. The van der Waals surface area contributed by atoms with Crippen LogP contribution < -0.4 is 5.56 Å². The van der Waals surface area contributed by atoms with Gasteiger partial charge in [-0.25, -0.2) is 0 Å². The highest BCUT2D eigenvalue weighted by Crippen LogP contribution is 2.32. The Labute approximate surface area is 105 Å². The van der Waals surface area contributed by atoms with E-state index in [9.17, 15) is 4.79 Å². The van der Waals surface area contributed by atoms with Crippen LogP contribution in [0, 0.1) is 5.92 Å². The van der Waals surface area contributed by atoms with Gasteiger partial charge in [-0.15, -0.1) is 5.10 Å². The minimum atomic E-state index is -0.00923. The molecule has 18 heavy (non-hydrogen) atoms. The molecule has 1 saturated carbocycles. The molecule has 94 valence electrons. The predicted octanol–water partition coefficient (Wildman–Crippen LogP) is 1.29. The maximum Gasteiger partial charge on any atom is 0.250 e. The Morgan fingerprint density at radius 1 is 1.33 bits per heavy atom. The molecule has 0 aliphatic heterocycles. The highest BCUT2D eigenvalue weighted by molar-refractivity contribution is 4.99. The van der Waals surface area contributed by atoms with Crippen LogP contribution in [0.25, 0.3) is 0 Å². The molecule has 1 fully saturated rings. The summed E-state index contributed by atoms with van der Waals surface area (Å²) < 4.78 is 3.51. The van der Waals surface area contributed by atoms with Crippen molar-refractivity contribution in [1.29, 1.82) is 0 Å². The molecule has 2 aromatic rings. The van der Waals surface area contributed by atoms with Crippen molar-refractivity contribution in [2.45, 2.75) is 32.4 Å². The lowest BCUT2D eigenvalue weighted by Crippen LogP contribution is -2.18. The molecule has 1 aliphatic rings. The minimum Gasteiger partial charge on any atom is -0.309 e. The lowest BCUT2D eigenvalue weighted by atomic mass is 10.3. The van der Waals surface area contributed by atoms with Crippen molar-refractivity contribution < 1.29 is 0 Å². The van der Waals surface area contributed by atoms with Gasteiger partial charge in [-0.05, 0) is 18.4 Å². The summed E-state index contributed by atoms with van der Waals surface area (Å²) in [5.74, 6) is 0.898. The largest absolute Gasteiger partial charge is 0.309 e. The standard InChI is InChI=1S/C13H16N4O/c18-13-3-1-2-7-16(13)9-12-10-17(15-14-12)8-6-11-4-5-11/h1-3,7,10-11H,4-6,8-9H2. The van der Waals surface area contributed by atoms with Crippen LogP contribution in [-0.2, 0) is 13.1 Å². The quantitative estimate of drug-likeness (QED) is 0.796. The van der Waals surface area contributed by atoms with Gasteiger partial charge in [-0.1, -0.05) is 24.1 Å². The number of nitrogens with zero attached hydrogens (tertiary/aromatic N) is 4.